The standard InChI is InChI=1S/C118H122N12O11/c1-16-18-19-20-21-22-23-24-25-32-57-128-108(132)87-53-49-79-81-51-55-89-98-90(56-52-82(96(81)98)80-50-54-88(109(128)133)97(87)95(79)80)111(135)129(110(89)134)58-59-139-67-78(66-138-15)141-112(136)117(12,13)68-118(14,113(137)140-65-69-37-43-77(44-38-69)130(75-33-28-26-29-34-75)76-35-30-27-31-36-76)64-70(17-2)107(131)119-74-42-48-86-94(63-74)106-126-101-85-47-41-73(116(9,10)11)62-93(85)104(124-101)122-99-83-45-39-71(114(3,4)5)60-91(83)103(120-99)121-100-84-46-40-72(115(6,7)8)61-92(84)105(123-100)125-102(86)127-106/h26-31,33-56,60-63,70,78H,16-25,32,57-59,64-68H2,1-15H3,(H,119,131)(H2,120,121,122,123,124,125,126,127). The van der Waals surface area contributed by atoms with Crippen molar-refractivity contribution in [1.82, 2.24) is 49.7 Å². The topological polar surface area (TPSA) is 287 Å². The van der Waals surface area contributed by atoms with E-state index in [1.165, 1.54) is 55.4 Å². The van der Waals surface area contributed by atoms with Crippen molar-refractivity contribution in [2.45, 2.75) is 209 Å². The molecule has 3 atom stereocenters. The van der Waals surface area contributed by atoms with Crippen LogP contribution in [0.25, 0.3) is 133 Å². The molecule has 0 fully saturated rings. The first-order valence-corrected chi connectivity index (χ1v) is 49.8. The Hall–Kier alpha value is -14.3. The molecule has 7 heterocycles. The van der Waals surface area contributed by atoms with E-state index in [9.17, 15) is 19.2 Å². The van der Waals surface area contributed by atoms with Gasteiger partial charge in [-0.1, -0.05) is 243 Å². The fourth-order valence-corrected chi connectivity index (χ4v) is 20.9. The molecule has 0 spiro atoms. The highest BCUT2D eigenvalue weighted by Gasteiger charge is 2.48. The Morgan fingerprint density at radius 1 is 0.404 bits per heavy atom. The van der Waals surface area contributed by atoms with Crippen molar-refractivity contribution in [3.8, 4) is 45.6 Å². The van der Waals surface area contributed by atoms with E-state index in [2.05, 4.69) is 144 Å². The van der Waals surface area contributed by atoms with Crippen LogP contribution >= 0.6 is 0 Å². The van der Waals surface area contributed by atoms with Gasteiger partial charge in [-0.25, -0.2) is 29.9 Å². The molecule has 0 saturated heterocycles. The van der Waals surface area contributed by atoms with E-state index in [0.717, 1.165) is 125 Å². The lowest BCUT2D eigenvalue weighted by molar-refractivity contribution is -0.171. The number of nitrogens with one attached hydrogen (secondary N) is 3. The number of esters is 2. The highest BCUT2D eigenvalue weighted by molar-refractivity contribution is 6.41. The number of H-pyrrole nitrogens is 2. The van der Waals surface area contributed by atoms with Gasteiger partial charge >= 0.3 is 11.9 Å². The summed E-state index contributed by atoms with van der Waals surface area (Å²) < 4.78 is 24.7. The number of hydrogen-bond donors (Lipinski definition) is 3. The van der Waals surface area contributed by atoms with Gasteiger partial charge in [0, 0.05) is 119 Å². The summed E-state index contributed by atoms with van der Waals surface area (Å²) in [6.45, 7) is 28.5. The Bertz CT molecular complexity index is 7500. The van der Waals surface area contributed by atoms with Crippen LogP contribution in [-0.2, 0) is 56.2 Å². The number of fused-ring (bicyclic) bond motifs is 22. The van der Waals surface area contributed by atoms with Gasteiger partial charge < -0.3 is 39.1 Å². The number of methoxy groups -OCH3 is 1. The van der Waals surface area contributed by atoms with Crippen LogP contribution in [0.1, 0.15) is 244 Å². The van der Waals surface area contributed by atoms with Crippen LogP contribution in [0.3, 0.4) is 0 Å². The quantitative estimate of drug-likeness (QED) is 0.0113. The van der Waals surface area contributed by atoms with E-state index in [1.54, 1.807) is 32.9 Å². The first-order valence-electron chi connectivity index (χ1n) is 49.8. The Morgan fingerprint density at radius 2 is 0.816 bits per heavy atom. The molecule has 3 N–H and O–H groups in total. The van der Waals surface area contributed by atoms with Crippen LogP contribution in [0.4, 0.5) is 22.7 Å². The predicted octanol–water partition coefficient (Wildman–Crippen LogP) is 26.2. The van der Waals surface area contributed by atoms with Gasteiger partial charge in [0.25, 0.3) is 23.6 Å². The van der Waals surface area contributed by atoms with Crippen molar-refractivity contribution < 1.29 is 52.5 Å². The van der Waals surface area contributed by atoms with E-state index in [1.807, 2.05) is 146 Å². The second-order valence-electron chi connectivity index (χ2n) is 42.5. The Morgan fingerprint density at radius 3 is 1.28 bits per heavy atom. The molecule has 15 aromatic rings. The van der Waals surface area contributed by atoms with Gasteiger partial charge in [0.2, 0.25) is 5.91 Å². The third kappa shape index (κ3) is 18.6. The van der Waals surface area contributed by atoms with E-state index in [-0.39, 0.29) is 80.3 Å². The van der Waals surface area contributed by atoms with Gasteiger partial charge in [-0.15, -0.1) is 0 Å². The number of hydrogen-bond acceptors (Lipinski definition) is 18. The third-order valence-electron chi connectivity index (χ3n) is 28.7. The van der Waals surface area contributed by atoms with Crippen molar-refractivity contribution in [2.24, 2.45) is 16.7 Å². The maximum Gasteiger partial charge on any atom is 0.312 e. The molecule has 19 rings (SSSR count). The average molecular weight is 1880 g/mol. The summed E-state index contributed by atoms with van der Waals surface area (Å²) in [5.41, 5.74) is 10.4. The number of aromatic amines is 2. The van der Waals surface area contributed by atoms with Crippen molar-refractivity contribution in [3.63, 3.8) is 0 Å². The zero-order valence-corrected chi connectivity index (χ0v) is 83.2. The van der Waals surface area contributed by atoms with E-state index < -0.39 is 52.5 Å². The number of ether oxygens (including phenoxy) is 4. The van der Waals surface area contributed by atoms with Crippen molar-refractivity contribution in [2.75, 3.05) is 50.2 Å². The van der Waals surface area contributed by atoms with Crippen LogP contribution in [0, 0.1) is 16.7 Å². The van der Waals surface area contributed by atoms with E-state index >= 15 is 14.4 Å². The SMILES string of the molecule is CCCCCCCCCCCCN1C(=O)c2ccc3c4ccc5c6c(ccc(c7ccc(c2c37)C1=O)c64)C(=O)N(CCOCC(COC)OC(=O)C(C)(C)CC(C)(CC(CC)C(=O)Nc1ccc2c3nc4nc(nc6[nH]c(nc7nc(nc([nH]3)c2c1)-c1ccc(C(C)(C)C)cc1-7)c1ccc(C(C)(C)C)cc61)-c1ccc(C(C)(C)C)cc1-4)C(=O)OCc1ccc(N(c2ccccc2)c2ccccc2)cc1)C5=O. The van der Waals surface area contributed by atoms with Gasteiger partial charge in [-0.05, 0) is 214 Å². The fourth-order valence-electron chi connectivity index (χ4n) is 20.9. The van der Waals surface area contributed by atoms with Crippen LogP contribution in [0.15, 0.2) is 206 Å². The lowest BCUT2D eigenvalue weighted by Crippen LogP contribution is -2.43. The number of benzene rings is 12. The fraction of sp³-hybridized carbons (Fsp3) is 0.347. The lowest BCUT2D eigenvalue weighted by Gasteiger charge is -2.37. The second-order valence-corrected chi connectivity index (χ2v) is 42.5. The number of carbonyl (C=O) groups excluding carboxylic acids is 7. The molecule has 12 aromatic carbocycles. The number of carbonyl (C=O) groups is 7. The molecule has 141 heavy (non-hydrogen) atoms. The van der Waals surface area contributed by atoms with Crippen molar-refractivity contribution in [3.05, 3.63) is 251 Å². The van der Waals surface area contributed by atoms with E-state index in [0.29, 0.717) is 107 Å². The first-order chi connectivity index (χ1) is 67.7. The van der Waals surface area contributed by atoms with Crippen molar-refractivity contribution in [1.29, 1.82) is 0 Å². The molecule has 8 bridgehead atoms. The maximum absolute atomic E-state index is 15.6. The number of amides is 5. The summed E-state index contributed by atoms with van der Waals surface area (Å²) in [6.07, 6.45) is 10.5. The molecular weight excluding hydrogens is 1760 g/mol. The smallest absolute Gasteiger partial charge is 0.312 e. The molecule has 720 valence electrons. The Labute approximate surface area is 821 Å². The van der Waals surface area contributed by atoms with Crippen LogP contribution in [0.5, 0.6) is 0 Å². The number of para-hydroxylation sites is 2. The zero-order valence-electron chi connectivity index (χ0n) is 83.2. The number of unbranched alkanes of at least 4 members (excludes halogenated alkanes) is 9. The number of aromatic nitrogens is 8. The van der Waals surface area contributed by atoms with Gasteiger partial charge in [0.1, 0.15) is 35.3 Å². The lowest BCUT2D eigenvalue weighted by atomic mass is 9.69. The highest BCUT2D eigenvalue weighted by Crippen LogP contribution is 2.50. The molecule has 4 aliphatic heterocycles. The van der Waals surface area contributed by atoms with Crippen molar-refractivity contribution >= 4 is 151 Å². The van der Waals surface area contributed by atoms with Crippen LogP contribution < -0.4 is 10.2 Å². The summed E-state index contributed by atoms with van der Waals surface area (Å²) in [5.74, 6) is -2.40. The predicted molar refractivity (Wildman–Crippen MR) is 559 cm³/mol. The molecule has 0 saturated carbocycles. The molecule has 23 nitrogen and oxygen atoms in total. The Kier molecular flexibility index (Phi) is 26.0. The van der Waals surface area contributed by atoms with E-state index in [4.69, 9.17) is 48.9 Å². The summed E-state index contributed by atoms with van der Waals surface area (Å²) in [6, 6.07) is 67.3. The summed E-state index contributed by atoms with van der Waals surface area (Å²) in [4.78, 5) is 149. The molecular formula is C118H122N12O11. The highest BCUT2D eigenvalue weighted by atomic mass is 16.6. The molecule has 23 heteroatoms. The molecule has 3 aromatic heterocycles. The van der Waals surface area contributed by atoms with Gasteiger partial charge in [-0.3, -0.25) is 43.4 Å². The largest absolute Gasteiger partial charge is 0.460 e. The number of rotatable bonds is 33. The Balaban J connectivity index is 0.590. The number of anilines is 4. The molecule has 4 aliphatic rings. The molecule has 3 unspecified atom stereocenters. The monoisotopic (exact) mass is 1880 g/mol. The normalized spacial score (nSPS) is 14.2. The average Bonchev–Trinajstić information content (AvgIpc) is 0.909. The summed E-state index contributed by atoms with van der Waals surface area (Å²) in [7, 11) is 1.47. The van der Waals surface area contributed by atoms with Crippen LogP contribution in [-0.4, -0.2) is 137 Å². The summed E-state index contributed by atoms with van der Waals surface area (Å²) in [5, 5.41) is 12.1. The van der Waals surface area contributed by atoms with Gasteiger partial charge in [0.15, 0.2) is 23.3 Å². The molecule has 5 amide bonds. The minimum atomic E-state index is -1.54. The van der Waals surface area contributed by atoms with Crippen LogP contribution in [0.2, 0.25) is 0 Å². The summed E-state index contributed by atoms with van der Waals surface area (Å²) >= 11 is 0. The minimum absolute atomic E-state index is 0.0664. The first kappa shape index (κ1) is 95.6. The molecule has 0 aliphatic carbocycles. The number of nitrogens with zero attached hydrogens (tertiary/aromatic N) is 9. The minimum Gasteiger partial charge on any atom is -0.460 e. The maximum atomic E-state index is 15.6. The third-order valence-corrected chi connectivity index (χ3v) is 28.7. The van der Waals surface area contributed by atoms with Gasteiger partial charge in [0.05, 0.1) is 37.2 Å². The molecule has 0 radical (unpaired) electrons. The zero-order chi connectivity index (χ0) is 98.9. The number of imide groups is 2. The second kappa shape index (κ2) is 38.4. The van der Waals surface area contributed by atoms with Gasteiger partial charge in [-0.2, -0.15) is 0 Å².